The second kappa shape index (κ2) is 13.6. The average molecular weight is 574 g/mol. The first kappa shape index (κ1) is 30.1. The molecule has 39 heavy (non-hydrogen) atoms. The van der Waals surface area contributed by atoms with E-state index >= 15 is 0 Å². The fourth-order valence-electron chi connectivity index (χ4n) is 4.03. The van der Waals surface area contributed by atoms with E-state index in [4.69, 9.17) is 11.6 Å². The zero-order valence-corrected chi connectivity index (χ0v) is 23.8. The molecule has 3 aromatic carbocycles. The number of hydrogen-bond donors (Lipinski definition) is 1. The highest BCUT2D eigenvalue weighted by molar-refractivity contribution is 7.92. The number of carbonyl (C=O) groups excluding carboxylic acids is 2. The van der Waals surface area contributed by atoms with Crippen LogP contribution in [-0.2, 0) is 32.6 Å². The molecule has 0 aliphatic heterocycles. The summed E-state index contributed by atoms with van der Waals surface area (Å²) in [7, 11) is -3.92. The van der Waals surface area contributed by atoms with Gasteiger partial charge in [0.2, 0.25) is 21.8 Å². The maximum absolute atomic E-state index is 13.9. The van der Waals surface area contributed by atoms with Crippen molar-refractivity contribution in [1.82, 2.24) is 10.2 Å². The third-order valence-corrected chi connectivity index (χ3v) is 7.37. The highest BCUT2D eigenvalue weighted by atomic mass is 35.5. The van der Waals surface area contributed by atoms with E-state index in [2.05, 4.69) is 5.32 Å². The number of amides is 2. The van der Waals surface area contributed by atoms with Crippen molar-refractivity contribution in [2.24, 2.45) is 5.92 Å². The zero-order chi connectivity index (χ0) is 28.6. The van der Waals surface area contributed by atoms with Gasteiger partial charge in [0.25, 0.3) is 0 Å². The molecule has 0 bridgehead atoms. The molecule has 0 unspecified atom stereocenters. The SMILES string of the molecule is CC(C)CNC(=O)[C@@H](Cc1ccccc1)N(Cc1cccc(Cl)c1)C(=O)CN(c1ccc(F)cc1)S(C)(=O)=O. The molecular weight excluding hydrogens is 541 g/mol. The van der Waals surface area contributed by atoms with Crippen molar-refractivity contribution in [3.63, 3.8) is 0 Å². The lowest BCUT2D eigenvalue weighted by Gasteiger charge is -2.33. The van der Waals surface area contributed by atoms with E-state index in [1.54, 1.807) is 24.3 Å². The van der Waals surface area contributed by atoms with Gasteiger partial charge in [0.05, 0.1) is 11.9 Å². The summed E-state index contributed by atoms with van der Waals surface area (Å²) < 4.78 is 39.9. The van der Waals surface area contributed by atoms with E-state index in [1.807, 2.05) is 44.2 Å². The zero-order valence-electron chi connectivity index (χ0n) is 22.2. The molecular formula is C29H33ClFN3O4S. The minimum Gasteiger partial charge on any atom is -0.354 e. The summed E-state index contributed by atoms with van der Waals surface area (Å²) in [5.41, 5.74) is 1.65. The quantitative estimate of drug-likeness (QED) is 0.341. The summed E-state index contributed by atoms with van der Waals surface area (Å²) in [6.45, 7) is 3.79. The van der Waals surface area contributed by atoms with Gasteiger partial charge in [0.15, 0.2) is 0 Å². The van der Waals surface area contributed by atoms with Gasteiger partial charge in [-0.25, -0.2) is 12.8 Å². The van der Waals surface area contributed by atoms with Gasteiger partial charge < -0.3 is 10.2 Å². The van der Waals surface area contributed by atoms with E-state index in [0.717, 1.165) is 28.3 Å². The van der Waals surface area contributed by atoms with Gasteiger partial charge in [0, 0.05) is 24.5 Å². The Bertz CT molecular complexity index is 1370. The number of carbonyl (C=O) groups is 2. The van der Waals surface area contributed by atoms with Gasteiger partial charge in [-0.15, -0.1) is 0 Å². The van der Waals surface area contributed by atoms with Crippen molar-refractivity contribution >= 4 is 39.1 Å². The van der Waals surface area contributed by atoms with Gasteiger partial charge in [-0.1, -0.05) is 67.9 Å². The third kappa shape index (κ3) is 9.07. The number of halogens is 2. The Morgan fingerprint density at radius 1 is 0.949 bits per heavy atom. The van der Waals surface area contributed by atoms with Gasteiger partial charge in [-0.2, -0.15) is 0 Å². The van der Waals surface area contributed by atoms with Crippen molar-refractivity contribution in [1.29, 1.82) is 0 Å². The molecule has 0 radical (unpaired) electrons. The van der Waals surface area contributed by atoms with Crippen LogP contribution in [0, 0.1) is 11.7 Å². The molecule has 208 valence electrons. The van der Waals surface area contributed by atoms with Gasteiger partial charge >= 0.3 is 0 Å². The van der Waals surface area contributed by atoms with Crippen LogP contribution in [0.2, 0.25) is 5.02 Å². The predicted octanol–water partition coefficient (Wildman–Crippen LogP) is 4.66. The summed E-state index contributed by atoms with van der Waals surface area (Å²) in [4.78, 5) is 28.9. The van der Waals surface area contributed by atoms with Crippen LogP contribution in [0.3, 0.4) is 0 Å². The standard InChI is InChI=1S/C29H33ClFN3O4S/c1-21(2)18-32-29(36)27(17-22-8-5-4-6-9-22)33(19-23-10-7-11-24(30)16-23)28(35)20-34(39(3,37)38)26-14-12-25(31)13-15-26/h4-16,21,27H,17-20H2,1-3H3,(H,32,36)/t27-/m1/s1. The maximum Gasteiger partial charge on any atom is 0.244 e. The molecule has 7 nitrogen and oxygen atoms in total. The topological polar surface area (TPSA) is 86.8 Å². The monoisotopic (exact) mass is 573 g/mol. The van der Waals surface area contributed by atoms with Crippen LogP contribution >= 0.6 is 11.6 Å². The average Bonchev–Trinajstić information content (AvgIpc) is 2.88. The first-order chi connectivity index (χ1) is 18.4. The molecule has 0 fully saturated rings. The molecule has 2 amide bonds. The fourth-order valence-corrected chi connectivity index (χ4v) is 5.09. The first-order valence-electron chi connectivity index (χ1n) is 12.5. The van der Waals surface area contributed by atoms with Crippen LogP contribution in [0.4, 0.5) is 10.1 Å². The summed E-state index contributed by atoms with van der Waals surface area (Å²) in [5.74, 6) is -1.30. The van der Waals surface area contributed by atoms with Crippen molar-refractivity contribution in [3.8, 4) is 0 Å². The molecule has 3 aromatic rings. The van der Waals surface area contributed by atoms with Crippen molar-refractivity contribution in [2.45, 2.75) is 32.9 Å². The Morgan fingerprint density at radius 2 is 1.59 bits per heavy atom. The van der Waals surface area contributed by atoms with Crippen LogP contribution in [0.5, 0.6) is 0 Å². The highest BCUT2D eigenvalue weighted by Crippen LogP contribution is 2.21. The van der Waals surface area contributed by atoms with E-state index in [1.165, 1.54) is 17.0 Å². The molecule has 1 atom stereocenters. The van der Waals surface area contributed by atoms with Crippen molar-refractivity contribution in [2.75, 3.05) is 23.7 Å². The molecule has 0 saturated carbocycles. The number of nitrogens with one attached hydrogen (secondary N) is 1. The van der Waals surface area contributed by atoms with E-state index in [9.17, 15) is 22.4 Å². The molecule has 1 N–H and O–H groups in total. The molecule has 0 aliphatic carbocycles. The van der Waals surface area contributed by atoms with E-state index in [0.29, 0.717) is 17.1 Å². The van der Waals surface area contributed by atoms with Gasteiger partial charge in [0.1, 0.15) is 18.4 Å². The van der Waals surface area contributed by atoms with Crippen molar-refractivity contribution < 1.29 is 22.4 Å². The minimum atomic E-state index is -3.92. The smallest absolute Gasteiger partial charge is 0.244 e. The van der Waals surface area contributed by atoms with E-state index < -0.39 is 34.3 Å². The normalized spacial score (nSPS) is 12.2. The summed E-state index contributed by atoms with van der Waals surface area (Å²) >= 11 is 6.20. The van der Waals surface area contributed by atoms with Crippen LogP contribution < -0.4 is 9.62 Å². The van der Waals surface area contributed by atoms with Gasteiger partial charge in [-0.3, -0.25) is 13.9 Å². The Kier molecular flexibility index (Phi) is 10.5. The largest absolute Gasteiger partial charge is 0.354 e. The number of sulfonamides is 1. The number of nitrogens with zero attached hydrogens (tertiary/aromatic N) is 2. The second-order valence-corrected chi connectivity index (χ2v) is 12.1. The third-order valence-electron chi connectivity index (χ3n) is 5.99. The Hall–Kier alpha value is -3.43. The molecule has 0 aromatic heterocycles. The summed E-state index contributed by atoms with van der Waals surface area (Å²) in [5, 5.41) is 3.39. The molecule has 0 heterocycles. The number of benzene rings is 3. The lowest BCUT2D eigenvalue weighted by molar-refractivity contribution is -0.140. The fraction of sp³-hybridized carbons (Fsp3) is 0.310. The summed E-state index contributed by atoms with van der Waals surface area (Å²) in [6.07, 6.45) is 1.19. The van der Waals surface area contributed by atoms with E-state index in [-0.39, 0.29) is 30.5 Å². The Morgan fingerprint density at radius 3 is 2.18 bits per heavy atom. The van der Waals surface area contributed by atoms with Crippen LogP contribution in [-0.4, -0.2) is 50.5 Å². The maximum atomic E-state index is 13.9. The lowest BCUT2D eigenvalue weighted by atomic mass is 10.0. The first-order valence-corrected chi connectivity index (χ1v) is 14.8. The number of anilines is 1. The lowest BCUT2D eigenvalue weighted by Crippen LogP contribution is -2.53. The van der Waals surface area contributed by atoms with Gasteiger partial charge in [-0.05, 0) is 53.4 Å². The number of hydrogen-bond acceptors (Lipinski definition) is 4. The second-order valence-electron chi connectivity index (χ2n) is 9.74. The molecule has 0 spiro atoms. The Balaban J connectivity index is 2.04. The predicted molar refractivity (Wildman–Crippen MR) is 152 cm³/mol. The summed E-state index contributed by atoms with van der Waals surface area (Å²) in [6, 6.07) is 20.1. The van der Waals surface area contributed by atoms with Crippen LogP contribution in [0.15, 0.2) is 78.9 Å². The molecule has 3 rings (SSSR count). The van der Waals surface area contributed by atoms with Crippen LogP contribution in [0.1, 0.15) is 25.0 Å². The van der Waals surface area contributed by atoms with Crippen LogP contribution in [0.25, 0.3) is 0 Å². The Labute approximate surface area is 234 Å². The molecule has 10 heteroatoms. The highest BCUT2D eigenvalue weighted by Gasteiger charge is 2.33. The number of rotatable bonds is 12. The molecule has 0 saturated heterocycles. The molecule has 0 aliphatic rings. The minimum absolute atomic E-state index is 0.0208. The van der Waals surface area contributed by atoms with Crippen molar-refractivity contribution in [3.05, 3.63) is 101 Å².